The number of hydrazone groups is 1. The van der Waals surface area contributed by atoms with Gasteiger partial charge in [0, 0.05) is 18.8 Å². The van der Waals surface area contributed by atoms with Crippen LogP contribution in [0.4, 0.5) is 5.69 Å². The van der Waals surface area contributed by atoms with Gasteiger partial charge in [0.15, 0.2) is 0 Å². The normalized spacial score (nSPS) is 15.1. The molecule has 2 aromatic carbocycles. The van der Waals surface area contributed by atoms with Crippen molar-refractivity contribution < 1.29 is 13.2 Å². The lowest BCUT2D eigenvalue weighted by molar-refractivity contribution is 0.340. The highest BCUT2D eigenvalue weighted by Gasteiger charge is 2.13. The van der Waals surface area contributed by atoms with E-state index in [-0.39, 0.29) is 4.90 Å². The van der Waals surface area contributed by atoms with Crippen LogP contribution in [0.5, 0.6) is 5.75 Å². The van der Waals surface area contributed by atoms with Gasteiger partial charge in [0.25, 0.3) is 10.0 Å². The molecule has 0 spiro atoms. The molecule has 1 fully saturated rings. The Hall–Kier alpha value is -2.54. The lowest BCUT2D eigenvalue weighted by atomic mass is 10.1. The van der Waals surface area contributed by atoms with Crippen LogP contribution in [0.3, 0.4) is 0 Å². The predicted molar refractivity (Wildman–Crippen MR) is 108 cm³/mol. The minimum absolute atomic E-state index is 0.142. The summed E-state index contributed by atoms with van der Waals surface area (Å²) < 4.78 is 29.9. The van der Waals surface area contributed by atoms with Crippen molar-refractivity contribution >= 4 is 21.9 Å². The first kappa shape index (κ1) is 19.2. The lowest BCUT2D eigenvalue weighted by Crippen LogP contribution is -2.29. The van der Waals surface area contributed by atoms with Crippen molar-refractivity contribution in [2.24, 2.45) is 5.10 Å². The molecule has 1 saturated heterocycles. The van der Waals surface area contributed by atoms with Crippen molar-refractivity contribution in [3.05, 3.63) is 54.1 Å². The van der Waals surface area contributed by atoms with Gasteiger partial charge in [0.2, 0.25) is 0 Å². The second kappa shape index (κ2) is 8.90. The van der Waals surface area contributed by atoms with Crippen LogP contribution in [-0.4, -0.2) is 34.3 Å². The summed E-state index contributed by atoms with van der Waals surface area (Å²) in [7, 11) is -3.70. The summed E-state index contributed by atoms with van der Waals surface area (Å²) in [5.41, 5.74) is 2.03. The van der Waals surface area contributed by atoms with E-state index >= 15 is 0 Å². The summed E-state index contributed by atoms with van der Waals surface area (Å²) >= 11 is 0. The average molecular weight is 388 g/mol. The first-order valence-corrected chi connectivity index (χ1v) is 10.7. The van der Waals surface area contributed by atoms with Gasteiger partial charge in [-0.05, 0) is 68.1 Å². The molecule has 2 aromatic rings. The van der Waals surface area contributed by atoms with Crippen LogP contribution in [0.25, 0.3) is 0 Å². The fourth-order valence-electron chi connectivity index (χ4n) is 3.03. The zero-order valence-corrected chi connectivity index (χ0v) is 16.3. The molecule has 0 bridgehead atoms. The van der Waals surface area contributed by atoms with Gasteiger partial charge < -0.3 is 9.64 Å². The van der Waals surface area contributed by atoms with Gasteiger partial charge in [-0.2, -0.15) is 13.5 Å². The summed E-state index contributed by atoms with van der Waals surface area (Å²) in [5, 5.41) is 3.88. The Kier molecular flexibility index (Phi) is 6.34. The van der Waals surface area contributed by atoms with E-state index in [9.17, 15) is 8.42 Å². The van der Waals surface area contributed by atoms with Gasteiger partial charge in [0.1, 0.15) is 5.75 Å². The summed E-state index contributed by atoms with van der Waals surface area (Å²) in [4.78, 5) is 4.76. The molecule has 1 aliphatic heterocycles. The van der Waals surface area contributed by atoms with Gasteiger partial charge >= 0.3 is 0 Å². The fourth-order valence-corrected chi connectivity index (χ4v) is 3.82. The highest BCUT2D eigenvalue weighted by molar-refractivity contribution is 7.89. The molecule has 1 N–H and O–H groups in total. The highest BCUT2D eigenvalue weighted by atomic mass is 32.2. The molecule has 3 rings (SSSR count). The van der Waals surface area contributed by atoms with Crippen molar-refractivity contribution in [2.45, 2.75) is 31.1 Å². The van der Waals surface area contributed by atoms with E-state index in [2.05, 4.69) is 14.8 Å². The van der Waals surface area contributed by atoms with E-state index in [1.54, 1.807) is 12.1 Å². The SMILES string of the molecule is CCOc1ccc(S(=O)(=O)N/N=C\c2ccc(N3CCCCC3)cc2)cc1. The predicted octanol–water partition coefficient (Wildman–Crippen LogP) is 3.39. The molecule has 0 amide bonds. The van der Waals surface area contributed by atoms with Crippen LogP contribution in [0.15, 0.2) is 58.5 Å². The van der Waals surface area contributed by atoms with Crippen LogP contribution in [0.2, 0.25) is 0 Å². The molecule has 0 aromatic heterocycles. The zero-order chi connectivity index (χ0) is 19.1. The maximum Gasteiger partial charge on any atom is 0.276 e. The van der Waals surface area contributed by atoms with Crippen LogP contribution < -0.4 is 14.5 Å². The van der Waals surface area contributed by atoms with Gasteiger partial charge in [-0.15, -0.1) is 0 Å². The Morgan fingerprint density at radius 1 is 1.04 bits per heavy atom. The Bertz CT molecular complexity index is 856. The maximum absolute atomic E-state index is 12.3. The molecular formula is C20H25N3O3S. The standard InChI is InChI=1S/C20H25N3O3S/c1-2-26-19-10-12-20(13-11-19)27(24,25)22-21-16-17-6-8-18(9-7-17)23-14-4-3-5-15-23/h6-13,16,22H,2-5,14-15H2,1H3/b21-16-. The molecule has 0 aliphatic carbocycles. The summed E-state index contributed by atoms with van der Waals surface area (Å²) in [6, 6.07) is 14.2. The van der Waals surface area contributed by atoms with Gasteiger partial charge in [0.05, 0.1) is 17.7 Å². The van der Waals surface area contributed by atoms with Crippen molar-refractivity contribution in [3.8, 4) is 5.75 Å². The third-order valence-corrected chi connectivity index (χ3v) is 5.68. The second-order valence-electron chi connectivity index (χ2n) is 6.40. The van der Waals surface area contributed by atoms with E-state index in [1.165, 1.54) is 43.3 Å². The van der Waals surface area contributed by atoms with E-state index < -0.39 is 10.0 Å². The number of ether oxygens (including phenoxy) is 1. The quantitative estimate of drug-likeness (QED) is 0.584. The maximum atomic E-state index is 12.3. The van der Waals surface area contributed by atoms with Crippen molar-refractivity contribution in [2.75, 3.05) is 24.6 Å². The highest BCUT2D eigenvalue weighted by Crippen LogP contribution is 2.20. The molecule has 1 aliphatic rings. The molecule has 27 heavy (non-hydrogen) atoms. The Labute approximate surface area is 160 Å². The number of nitrogens with one attached hydrogen (secondary N) is 1. The first-order valence-electron chi connectivity index (χ1n) is 9.21. The largest absolute Gasteiger partial charge is 0.494 e. The van der Waals surface area contributed by atoms with Crippen molar-refractivity contribution in [1.29, 1.82) is 0 Å². The number of hydrogen-bond donors (Lipinski definition) is 1. The fraction of sp³-hybridized carbons (Fsp3) is 0.350. The topological polar surface area (TPSA) is 71.0 Å². The molecule has 0 radical (unpaired) electrons. The van der Waals surface area contributed by atoms with Crippen molar-refractivity contribution in [1.82, 2.24) is 4.83 Å². The number of hydrogen-bond acceptors (Lipinski definition) is 5. The van der Waals surface area contributed by atoms with E-state index in [1.807, 2.05) is 31.2 Å². The monoisotopic (exact) mass is 387 g/mol. The van der Waals surface area contributed by atoms with Gasteiger partial charge in [-0.25, -0.2) is 4.83 Å². The molecule has 7 heteroatoms. The third-order valence-electron chi connectivity index (χ3n) is 4.45. The van der Waals surface area contributed by atoms with Crippen LogP contribution in [0, 0.1) is 0 Å². The van der Waals surface area contributed by atoms with E-state index in [4.69, 9.17) is 4.74 Å². The summed E-state index contributed by atoms with van der Waals surface area (Å²) in [6.45, 7) is 4.59. The number of piperidine rings is 1. The lowest BCUT2D eigenvalue weighted by Gasteiger charge is -2.28. The van der Waals surface area contributed by atoms with E-state index in [0.29, 0.717) is 12.4 Å². The average Bonchev–Trinajstić information content (AvgIpc) is 2.70. The van der Waals surface area contributed by atoms with E-state index in [0.717, 1.165) is 18.7 Å². The van der Waals surface area contributed by atoms with Gasteiger partial charge in [-0.3, -0.25) is 0 Å². The number of rotatable bonds is 7. The van der Waals surface area contributed by atoms with Crippen LogP contribution in [-0.2, 0) is 10.0 Å². The smallest absolute Gasteiger partial charge is 0.276 e. The molecule has 0 saturated carbocycles. The van der Waals surface area contributed by atoms with Crippen LogP contribution >= 0.6 is 0 Å². The molecule has 0 unspecified atom stereocenters. The second-order valence-corrected chi connectivity index (χ2v) is 8.06. The Balaban J connectivity index is 1.60. The minimum Gasteiger partial charge on any atom is -0.494 e. The Morgan fingerprint density at radius 2 is 1.70 bits per heavy atom. The molecule has 1 heterocycles. The van der Waals surface area contributed by atoms with Crippen LogP contribution in [0.1, 0.15) is 31.7 Å². The van der Waals surface area contributed by atoms with Gasteiger partial charge in [-0.1, -0.05) is 12.1 Å². The summed E-state index contributed by atoms with van der Waals surface area (Å²) in [5.74, 6) is 0.633. The Morgan fingerprint density at radius 3 is 2.33 bits per heavy atom. The number of nitrogens with zero attached hydrogens (tertiary/aromatic N) is 2. The number of anilines is 1. The molecule has 0 atom stereocenters. The minimum atomic E-state index is -3.70. The molecule has 6 nitrogen and oxygen atoms in total. The number of sulfonamides is 1. The third kappa shape index (κ3) is 5.23. The number of benzene rings is 2. The molecule has 144 valence electrons. The first-order chi connectivity index (χ1) is 13.1. The summed E-state index contributed by atoms with van der Waals surface area (Å²) in [6.07, 6.45) is 5.27. The molecular weight excluding hydrogens is 362 g/mol. The van der Waals surface area contributed by atoms with Crippen molar-refractivity contribution in [3.63, 3.8) is 0 Å². The zero-order valence-electron chi connectivity index (χ0n) is 15.5.